The number of alkyl carbamates (subject to hydrolysis) is 1. The van der Waals surface area contributed by atoms with Crippen molar-refractivity contribution in [3.05, 3.63) is 17.5 Å². The lowest BCUT2D eigenvalue weighted by molar-refractivity contribution is -0.0317. The van der Waals surface area contributed by atoms with Crippen LogP contribution >= 0.6 is 0 Å². The zero-order valence-corrected chi connectivity index (χ0v) is 22.7. The van der Waals surface area contributed by atoms with Crippen LogP contribution in [0, 0.1) is 0 Å². The SMILES string of the molecule is CC(C)(C)OC(=O)/N=C(\NC(=O)OC(C)(C)C)n1cc2c(n1)C(CNC(=O)O)N1CC2N(OS(=O)(=O)O)C1=O. The highest BCUT2D eigenvalue weighted by atomic mass is 32.3. The minimum Gasteiger partial charge on any atom is -0.465 e. The van der Waals surface area contributed by atoms with Crippen LogP contribution in [0.2, 0.25) is 0 Å². The van der Waals surface area contributed by atoms with Crippen molar-refractivity contribution < 1.29 is 51.0 Å². The molecular formula is C20H29N7O11S. The molecule has 2 aliphatic heterocycles. The van der Waals surface area contributed by atoms with Gasteiger partial charge in [0, 0.05) is 18.3 Å². The van der Waals surface area contributed by atoms with Crippen LogP contribution in [0.5, 0.6) is 0 Å². The molecule has 1 aromatic rings. The highest BCUT2D eigenvalue weighted by Crippen LogP contribution is 2.43. The fraction of sp³-hybridized carbons (Fsp3) is 0.600. The summed E-state index contributed by atoms with van der Waals surface area (Å²) in [6.07, 6.45) is -2.28. The average molecular weight is 576 g/mol. The van der Waals surface area contributed by atoms with Gasteiger partial charge in [0.1, 0.15) is 17.2 Å². The van der Waals surface area contributed by atoms with E-state index in [0.717, 1.165) is 9.58 Å². The lowest BCUT2D eigenvalue weighted by atomic mass is 9.98. The molecule has 0 radical (unpaired) electrons. The molecule has 0 spiro atoms. The maximum atomic E-state index is 12.8. The molecule has 2 aliphatic rings. The third-order valence-corrected chi connectivity index (χ3v) is 5.30. The molecule has 1 fully saturated rings. The van der Waals surface area contributed by atoms with E-state index >= 15 is 0 Å². The number of hydroxylamine groups is 2. The van der Waals surface area contributed by atoms with Gasteiger partial charge >= 0.3 is 34.7 Å². The molecule has 2 unspecified atom stereocenters. The van der Waals surface area contributed by atoms with Crippen molar-refractivity contribution in [3.8, 4) is 0 Å². The molecule has 1 aromatic heterocycles. The molecule has 3 rings (SSSR count). The summed E-state index contributed by atoms with van der Waals surface area (Å²) < 4.78 is 47.8. The van der Waals surface area contributed by atoms with E-state index in [0.29, 0.717) is 5.06 Å². The fourth-order valence-electron chi connectivity index (χ4n) is 3.73. The van der Waals surface area contributed by atoms with Gasteiger partial charge in [-0.05, 0) is 41.5 Å². The number of amides is 5. The molecule has 1 saturated heterocycles. The van der Waals surface area contributed by atoms with Gasteiger partial charge in [0.05, 0.1) is 18.3 Å². The second-order valence-corrected chi connectivity index (χ2v) is 11.4. The third-order valence-electron chi connectivity index (χ3n) is 4.95. The quantitative estimate of drug-likeness (QED) is 0.227. The van der Waals surface area contributed by atoms with Crippen LogP contribution in [0.4, 0.5) is 19.2 Å². The Bertz CT molecular complexity index is 1310. The van der Waals surface area contributed by atoms with Gasteiger partial charge in [-0.15, -0.1) is 9.28 Å². The number of carboxylic acid groups (broad SMARTS) is 1. The van der Waals surface area contributed by atoms with Crippen LogP contribution in [0.25, 0.3) is 0 Å². The van der Waals surface area contributed by atoms with Gasteiger partial charge in [-0.2, -0.15) is 18.6 Å². The first-order valence-corrected chi connectivity index (χ1v) is 12.8. The Labute approximate surface area is 222 Å². The summed E-state index contributed by atoms with van der Waals surface area (Å²) >= 11 is 0. The van der Waals surface area contributed by atoms with E-state index in [4.69, 9.17) is 14.6 Å². The number of nitrogens with zero attached hydrogens (tertiary/aromatic N) is 5. The second kappa shape index (κ2) is 10.3. The minimum atomic E-state index is -5.12. The maximum Gasteiger partial charge on any atom is 0.437 e. The largest absolute Gasteiger partial charge is 0.465 e. The van der Waals surface area contributed by atoms with Crippen molar-refractivity contribution in [3.63, 3.8) is 0 Å². The first kappa shape index (κ1) is 29.6. The number of ether oxygens (including phenoxy) is 2. The summed E-state index contributed by atoms with van der Waals surface area (Å²) in [5.74, 6) is -0.475. The van der Waals surface area contributed by atoms with E-state index in [1.54, 1.807) is 41.5 Å². The predicted molar refractivity (Wildman–Crippen MR) is 129 cm³/mol. The molecule has 2 atom stereocenters. The monoisotopic (exact) mass is 575 g/mol. The summed E-state index contributed by atoms with van der Waals surface area (Å²) in [6.45, 7) is 9.08. The normalized spacial score (nSPS) is 19.5. The van der Waals surface area contributed by atoms with Crippen molar-refractivity contribution in [1.82, 2.24) is 30.4 Å². The number of carbonyl (C=O) groups excluding carboxylic acids is 3. The van der Waals surface area contributed by atoms with Crippen LogP contribution in [0.3, 0.4) is 0 Å². The van der Waals surface area contributed by atoms with Gasteiger partial charge in [0.2, 0.25) is 5.96 Å². The molecule has 39 heavy (non-hydrogen) atoms. The van der Waals surface area contributed by atoms with Crippen molar-refractivity contribution in [2.24, 2.45) is 4.99 Å². The van der Waals surface area contributed by atoms with Crippen molar-refractivity contribution in [2.75, 3.05) is 13.1 Å². The molecule has 5 amide bonds. The van der Waals surface area contributed by atoms with E-state index in [1.165, 1.54) is 6.20 Å². The smallest absolute Gasteiger partial charge is 0.437 e. The molecular weight excluding hydrogens is 546 g/mol. The average Bonchev–Trinajstić information content (AvgIpc) is 3.26. The third kappa shape index (κ3) is 7.54. The summed E-state index contributed by atoms with van der Waals surface area (Å²) in [4.78, 5) is 53.9. The van der Waals surface area contributed by atoms with Gasteiger partial charge in [-0.25, -0.2) is 23.9 Å². The van der Waals surface area contributed by atoms with Crippen molar-refractivity contribution in [2.45, 2.75) is 64.8 Å². The number of fused-ring (bicyclic) bond motifs is 4. The number of carbonyl (C=O) groups is 4. The van der Waals surface area contributed by atoms with E-state index < -0.39 is 64.0 Å². The van der Waals surface area contributed by atoms with E-state index in [2.05, 4.69) is 25.0 Å². The molecule has 3 heterocycles. The van der Waals surface area contributed by atoms with E-state index in [1.807, 2.05) is 0 Å². The summed E-state index contributed by atoms with van der Waals surface area (Å²) in [7, 11) is -5.12. The van der Waals surface area contributed by atoms with Crippen molar-refractivity contribution >= 4 is 40.7 Å². The van der Waals surface area contributed by atoms with Gasteiger partial charge in [0.15, 0.2) is 0 Å². The number of rotatable bonds is 4. The molecule has 19 heteroatoms. The summed E-state index contributed by atoms with van der Waals surface area (Å²) in [6, 6.07) is -3.18. The van der Waals surface area contributed by atoms with Crippen LogP contribution < -0.4 is 10.6 Å². The highest BCUT2D eigenvalue weighted by Gasteiger charge is 2.52. The van der Waals surface area contributed by atoms with E-state index in [9.17, 15) is 32.1 Å². The molecule has 0 aromatic carbocycles. The van der Waals surface area contributed by atoms with Crippen LogP contribution in [0.1, 0.15) is 64.9 Å². The standard InChI is InChI=1S/C20H29N7O11S/c1-19(2,3)36-16(30)22-14(23-17(31)37-20(4,5)6)26-8-10-12-9-25(18(32)27(12)38-39(33,34)35)11(13(10)24-26)7-21-15(28)29/h8,11-12,21H,7,9H2,1-6H3,(H,28,29)(H,33,34,35)(H,22,23,30,31). The minimum absolute atomic E-state index is 0.0673. The Kier molecular flexibility index (Phi) is 7.82. The van der Waals surface area contributed by atoms with Gasteiger partial charge in [-0.1, -0.05) is 0 Å². The lowest BCUT2D eigenvalue weighted by Crippen LogP contribution is -2.42. The zero-order valence-electron chi connectivity index (χ0n) is 21.9. The highest BCUT2D eigenvalue weighted by molar-refractivity contribution is 7.80. The maximum absolute atomic E-state index is 12.8. The number of urea groups is 1. The first-order chi connectivity index (χ1) is 17.7. The fourth-order valence-corrected chi connectivity index (χ4v) is 4.11. The molecule has 0 saturated carbocycles. The van der Waals surface area contributed by atoms with Gasteiger partial charge < -0.3 is 24.8 Å². The second-order valence-electron chi connectivity index (χ2n) is 10.4. The Balaban J connectivity index is 2.09. The Morgan fingerprint density at radius 3 is 2.31 bits per heavy atom. The predicted octanol–water partition coefficient (Wildman–Crippen LogP) is 1.38. The topological polar surface area (TPSA) is 231 Å². The van der Waals surface area contributed by atoms with Crippen LogP contribution in [-0.2, 0) is 24.2 Å². The number of nitrogens with one attached hydrogen (secondary N) is 2. The zero-order chi connectivity index (χ0) is 29.5. The summed E-state index contributed by atoms with van der Waals surface area (Å²) in [5.41, 5.74) is -1.63. The lowest BCUT2D eigenvalue weighted by Gasteiger charge is -2.29. The number of hydrogen-bond acceptors (Lipinski definition) is 10. The number of hydrogen-bond donors (Lipinski definition) is 4. The van der Waals surface area contributed by atoms with Gasteiger partial charge in [-0.3, -0.25) is 9.87 Å². The number of aromatic nitrogens is 2. The molecule has 2 bridgehead atoms. The Hall–Kier alpha value is -3.97. The van der Waals surface area contributed by atoms with Crippen molar-refractivity contribution in [1.29, 1.82) is 0 Å². The molecule has 0 aliphatic carbocycles. The molecule has 18 nitrogen and oxygen atoms in total. The van der Waals surface area contributed by atoms with Gasteiger partial charge in [0.25, 0.3) is 0 Å². The Morgan fingerprint density at radius 2 is 1.77 bits per heavy atom. The van der Waals surface area contributed by atoms with Crippen LogP contribution in [0.15, 0.2) is 11.2 Å². The molecule has 216 valence electrons. The number of aliphatic imine (C=N–C) groups is 1. The summed E-state index contributed by atoms with van der Waals surface area (Å²) in [5, 5.41) is 18.2. The Morgan fingerprint density at radius 1 is 1.15 bits per heavy atom. The van der Waals surface area contributed by atoms with Crippen LogP contribution in [-0.4, -0.2) is 92.4 Å². The first-order valence-electron chi connectivity index (χ1n) is 11.4. The van der Waals surface area contributed by atoms with E-state index in [-0.39, 0.29) is 24.3 Å². The molecule has 4 N–H and O–H groups in total.